The smallest absolute Gasteiger partial charge is 0.460 e. The van der Waals surface area contributed by atoms with Gasteiger partial charge in [0, 0.05) is 20.0 Å². The molecule has 0 aromatic carbocycles. The highest BCUT2D eigenvalue weighted by Crippen LogP contribution is 2.60. The van der Waals surface area contributed by atoms with Crippen LogP contribution >= 0.6 is 0 Å². The van der Waals surface area contributed by atoms with Gasteiger partial charge in [0.05, 0.1) is 31.5 Å². The van der Waals surface area contributed by atoms with Gasteiger partial charge in [-0.2, -0.15) is 57.1 Å². The second-order valence-electron chi connectivity index (χ2n) is 10.3. The first-order valence-electron chi connectivity index (χ1n) is 11.9. The van der Waals surface area contributed by atoms with E-state index >= 15 is 0 Å². The lowest BCUT2D eigenvalue weighted by atomic mass is 9.78. The van der Waals surface area contributed by atoms with Crippen LogP contribution in [-0.2, 0) is 23.9 Å². The molecule has 0 aliphatic heterocycles. The summed E-state index contributed by atoms with van der Waals surface area (Å²) in [7, 11) is 3.72. The van der Waals surface area contributed by atoms with E-state index in [2.05, 4.69) is 9.47 Å². The van der Waals surface area contributed by atoms with Crippen LogP contribution in [0.25, 0.3) is 0 Å². The Morgan fingerprint density at radius 2 is 1.00 bits per heavy atom. The molecule has 320 valence electrons. The van der Waals surface area contributed by atoms with Gasteiger partial charge in [-0.25, -0.2) is 0 Å². The number of alkyl halides is 13. The summed E-state index contributed by atoms with van der Waals surface area (Å²) in [6, 6.07) is 0. The first-order valence-corrected chi connectivity index (χ1v) is 11.9. The number of methoxy groups -OCH3 is 1. The van der Waals surface area contributed by atoms with E-state index in [9.17, 15) is 71.5 Å². The number of hydrogen-bond acceptors (Lipinski definition) is 5. The van der Waals surface area contributed by atoms with Crippen molar-refractivity contribution in [3.8, 4) is 0 Å². The van der Waals surface area contributed by atoms with E-state index in [-0.39, 0.29) is 79.7 Å². The third-order valence-corrected chi connectivity index (χ3v) is 6.34. The Hall–Kier alpha value is -2.50. The standard InChI is InChI=1S/C23H30F13NO5.9CH4/c1-7-12(10-13(14(38)37(4)5)11-17(2,3)16(40)41-6)15(39)42-9-8-18(24,25)19(26,27)20(28,29)21(30,31)22(32,33)23(34,35)36;;;;;;;;;/h12-13H,7-11H2,1-6H3;9*1H4. The zero-order valence-corrected chi connectivity index (χ0v) is 23.1. The fraction of sp³-hybridized carbons (Fsp3) is 0.906. The van der Waals surface area contributed by atoms with Crippen LogP contribution in [0.4, 0.5) is 57.1 Å². The average Bonchev–Trinajstić information content (AvgIpc) is 2.83. The first kappa shape index (κ1) is 73.8. The minimum absolute atomic E-state index is 0. The minimum Gasteiger partial charge on any atom is -0.469 e. The van der Waals surface area contributed by atoms with Crippen molar-refractivity contribution < 1.29 is 80.9 Å². The lowest BCUT2D eigenvalue weighted by Crippen LogP contribution is -2.70. The molecule has 0 saturated heterocycles. The zero-order chi connectivity index (χ0) is 33.9. The highest BCUT2D eigenvalue weighted by Gasteiger charge is 2.90. The SMILES string of the molecule is C.C.C.C.C.C.C.C.C.CCC(CC(CC(C)(C)C(=O)OC)C(=O)N(C)C)C(=O)OCCC(F)(F)C(F)(F)C(F)(F)C(F)(F)C(F)(F)C(F)(F)F. The summed E-state index contributed by atoms with van der Waals surface area (Å²) in [5, 5.41) is 0. The Morgan fingerprint density at radius 3 is 1.31 bits per heavy atom. The quantitative estimate of drug-likeness (QED) is 0.122. The molecular weight excluding hydrogens is 725 g/mol. The summed E-state index contributed by atoms with van der Waals surface area (Å²) in [5.74, 6) is -42.9. The summed E-state index contributed by atoms with van der Waals surface area (Å²) in [5.41, 5.74) is -1.28. The Labute approximate surface area is 298 Å². The fourth-order valence-electron chi connectivity index (χ4n) is 3.74. The van der Waals surface area contributed by atoms with Gasteiger partial charge in [0.25, 0.3) is 0 Å². The van der Waals surface area contributed by atoms with Gasteiger partial charge in [0.2, 0.25) is 5.91 Å². The summed E-state index contributed by atoms with van der Waals surface area (Å²) >= 11 is 0. The van der Waals surface area contributed by atoms with Crippen LogP contribution in [0.3, 0.4) is 0 Å². The molecule has 0 aromatic heterocycles. The van der Waals surface area contributed by atoms with E-state index in [0.717, 1.165) is 12.0 Å². The summed E-state index contributed by atoms with van der Waals surface area (Å²) in [6.45, 7) is 2.25. The van der Waals surface area contributed by atoms with E-state index in [4.69, 9.17) is 0 Å². The highest BCUT2D eigenvalue weighted by molar-refractivity contribution is 5.82. The molecule has 2 atom stereocenters. The van der Waals surface area contributed by atoms with Crippen LogP contribution in [0.1, 0.15) is 113 Å². The Bertz CT molecular complexity index is 972. The number of nitrogens with zero attached hydrogens (tertiary/aromatic N) is 1. The molecule has 6 nitrogen and oxygen atoms in total. The van der Waals surface area contributed by atoms with Crippen molar-refractivity contribution >= 4 is 17.8 Å². The average molecular weight is 792 g/mol. The molecular formula is C32H66F13NO5. The van der Waals surface area contributed by atoms with E-state index in [0.29, 0.717) is 0 Å². The Balaban J connectivity index is -0.000000233. The van der Waals surface area contributed by atoms with Gasteiger partial charge < -0.3 is 14.4 Å². The lowest BCUT2D eigenvalue weighted by Gasteiger charge is -2.39. The molecule has 0 bridgehead atoms. The molecule has 2 unspecified atom stereocenters. The molecule has 51 heavy (non-hydrogen) atoms. The number of hydrogen-bond donors (Lipinski definition) is 0. The molecule has 0 fully saturated rings. The number of rotatable bonds is 15. The maximum Gasteiger partial charge on any atom is 0.460 e. The number of ether oxygens (including phenoxy) is 2. The summed E-state index contributed by atoms with van der Waals surface area (Å²) in [4.78, 5) is 38.2. The maximum absolute atomic E-state index is 14.0. The summed E-state index contributed by atoms with van der Waals surface area (Å²) in [6.07, 6.45) is -11.0. The van der Waals surface area contributed by atoms with Crippen LogP contribution in [0.5, 0.6) is 0 Å². The highest BCUT2D eigenvalue weighted by atomic mass is 19.4. The summed E-state index contributed by atoms with van der Waals surface area (Å²) < 4.78 is 181. The third-order valence-electron chi connectivity index (χ3n) is 6.34. The third kappa shape index (κ3) is 15.2. The largest absolute Gasteiger partial charge is 0.469 e. The molecule has 0 aliphatic rings. The number of amides is 1. The Kier molecular flexibility index (Phi) is 35.7. The first-order chi connectivity index (χ1) is 18.5. The van der Waals surface area contributed by atoms with Gasteiger partial charge in [-0.1, -0.05) is 73.8 Å². The van der Waals surface area contributed by atoms with Crippen molar-refractivity contribution in [3.05, 3.63) is 0 Å². The monoisotopic (exact) mass is 791 g/mol. The van der Waals surface area contributed by atoms with Crippen LogP contribution in [0.15, 0.2) is 0 Å². The number of esters is 2. The van der Waals surface area contributed by atoms with Gasteiger partial charge in [0.1, 0.15) is 0 Å². The molecule has 0 rings (SSSR count). The second kappa shape index (κ2) is 24.7. The van der Waals surface area contributed by atoms with E-state index < -0.39 is 90.3 Å². The molecule has 1 amide bonds. The van der Waals surface area contributed by atoms with Crippen molar-refractivity contribution in [1.82, 2.24) is 4.90 Å². The molecule has 0 radical (unpaired) electrons. The zero-order valence-electron chi connectivity index (χ0n) is 23.1. The van der Waals surface area contributed by atoms with Gasteiger partial charge in [-0.3, -0.25) is 14.4 Å². The van der Waals surface area contributed by atoms with Crippen LogP contribution in [0.2, 0.25) is 0 Å². The van der Waals surface area contributed by atoms with Crippen LogP contribution < -0.4 is 0 Å². The van der Waals surface area contributed by atoms with Crippen molar-refractivity contribution in [2.75, 3.05) is 27.8 Å². The molecule has 19 heteroatoms. The number of carbonyl (C=O) groups is 3. The number of halogens is 13. The molecule has 0 aromatic rings. The van der Waals surface area contributed by atoms with Crippen molar-refractivity contribution in [2.24, 2.45) is 17.3 Å². The van der Waals surface area contributed by atoms with Gasteiger partial charge in [-0.15, -0.1) is 0 Å². The van der Waals surface area contributed by atoms with Crippen LogP contribution in [0, 0.1) is 17.3 Å². The van der Waals surface area contributed by atoms with Gasteiger partial charge >= 0.3 is 47.7 Å². The van der Waals surface area contributed by atoms with Crippen LogP contribution in [-0.4, -0.2) is 86.3 Å². The topological polar surface area (TPSA) is 72.9 Å². The second-order valence-corrected chi connectivity index (χ2v) is 10.3. The number of carbonyl (C=O) groups excluding carboxylic acids is 3. The van der Waals surface area contributed by atoms with Gasteiger partial charge in [-0.05, 0) is 33.1 Å². The van der Waals surface area contributed by atoms with E-state index in [1.807, 2.05) is 0 Å². The lowest BCUT2D eigenvalue weighted by molar-refractivity contribution is -0.440. The Morgan fingerprint density at radius 1 is 0.627 bits per heavy atom. The molecule has 0 saturated carbocycles. The normalized spacial score (nSPS) is 12.8. The van der Waals surface area contributed by atoms with E-state index in [1.165, 1.54) is 34.9 Å². The minimum atomic E-state index is -8.03. The van der Waals surface area contributed by atoms with E-state index in [1.54, 1.807) is 0 Å². The molecule has 0 aliphatic carbocycles. The van der Waals surface area contributed by atoms with Crippen molar-refractivity contribution in [3.63, 3.8) is 0 Å². The molecule has 0 heterocycles. The van der Waals surface area contributed by atoms with Crippen molar-refractivity contribution in [1.29, 1.82) is 0 Å². The predicted molar refractivity (Wildman–Crippen MR) is 178 cm³/mol. The maximum atomic E-state index is 14.0. The van der Waals surface area contributed by atoms with Gasteiger partial charge in [0.15, 0.2) is 0 Å². The molecule has 0 N–H and O–H groups in total. The molecule has 0 spiro atoms. The fourth-order valence-corrected chi connectivity index (χ4v) is 3.74. The van der Waals surface area contributed by atoms with Crippen molar-refractivity contribution in [2.45, 2.75) is 149 Å². The predicted octanol–water partition coefficient (Wildman–Crippen LogP) is 12.1.